The number of hydrogen-bond acceptors (Lipinski definition) is 4. The van der Waals surface area contributed by atoms with Crippen molar-refractivity contribution < 1.29 is 19.1 Å². The second-order valence-corrected chi connectivity index (χ2v) is 7.36. The van der Waals surface area contributed by atoms with Crippen LogP contribution in [-0.4, -0.2) is 30.6 Å². The van der Waals surface area contributed by atoms with E-state index in [9.17, 15) is 9.59 Å². The van der Waals surface area contributed by atoms with Crippen LogP contribution in [-0.2, 0) is 25.5 Å². The van der Waals surface area contributed by atoms with Gasteiger partial charge in [0.15, 0.2) is 0 Å². The Bertz CT molecular complexity index is 763. The summed E-state index contributed by atoms with van der Waals surface area (Å²) in [6.07, 6.45) is 3.85. The van der Waals surface area contributed by atoms with Gasteiger partial charge in [0.25, 0.3) is 5.91 Å². The van der Waals surface area contributed by atoms with E-state index in [2.05, 4.69) is 5.32 Å². The van der Waals surface area contributed by atoms with Crippen LogP contribution >= 0.6 is 11.6 Å². The van der Waals surface area contributed by atoms with Crippen molar-refractivity contribution in [3.63, 3.8) is 0 Å². The number of amides is 1. The molecule has 0 radical (unpaired) electrons. The van der Waals surface area contributed by atoms with Gasteiger partial charge in [-0.1, -0.05) is 24.6 Å². The smallest absolute Gasteiger partial charge is 0.307 e. The quantitative estimate of drug-likeness (QED) is 0.814. The molecular weight excluding hydrogens is 354 g/mol. The van der Waals surface area contributed by atoms with Crippen LogP contribution in [0.4, 0.5) is 0 Å². The molecule has 1 spiro atoms. The van der Waals surface area contributed by atoms with Crippen molar-refractivity contribution in [2.75, 3.05) is 7.11 Å². The maximum Gasteiger partial charge on any atom is 0.307 e. The number of halogens is 1. The highest BCUT2D eigenvalue weighted by Gasteiger charge is 2.49. The van der Waals surface area contributed by atoms with E-state index in [1.165, 1.54) is 6.92 Å². The standard InChI is InChI=1S/C20H24ClNO4/c1-4-13-11-14(21)5-6-16(13)17-18(26-12(2)23)20(22-19(17)24)9-7-15(25-3)8-10-20/h5-6,11,15H,4,7-10H2,1-3H3,(H,22,24)/t15-,20+. The largest absolute Gasteiger partial charge is 0.428 e. The van der Waals surface area contributed by atoms with Crippen molar-refractivity contribution >= 4 is 29.1 Å². The summed E-state index contributed by atoms with van der Waals surface area (Å²) in [5.74, 6) is -0.176. The minimum absolute atomic E-state index is 0.168. The first-order chi connectivity index (χ1) is 12.4. The molecule has 5 nitrogen and oxygen atoms in total. The lowest BCUT2D eigenvalue weighted by molar-refractivity contribution is -0.138. The summed E-state index contributed by atoms with van der Waals surface area (Å²) in [6, 6.07) is 5.45. The van der Waals surface area contributed by atoms with E-state index in [0.29, 0.717) is 29.2 Å². The molecule has 1 aromatic rings. The average molecular weight is 378 g/mol. The van der Waals surface area contributed by atoms with Crippen LogP contribution in [0.5, 0.6) is 0 Å². The molecular formula is C20H24ClNO4. The average Bonchev–Trinajstić information content (AvgIpc) is 2.86. The second kappa shape index (κ2) is 7.41. The minimum atomic E-state index is -0.641. The van der Waals surface area contributed by atoms with Gasteiger partial charge in [0.1, 0.15) is 5.76 Å². The number of carbonyl (C=O) groups excluding carboxylic acids is 2. The van der Waals surface area contributed by atoms with Gasteiger partial charge >= 0.3 is 5.97 Å². The van der Waals surface area contributed by atoms with Crippen LogP contribution in [0.3, 0.4) is 0 Å². The first kappa shape index (κ1) is 18.9. The summed E-state index contributed by atoms with van der Waals surface area (Å²) in [4.78, 5) is 24.7. The molecule has 1 aromatic carbocycles. The number of esters is 1. The fourth-order valence-corrected chi connectivity index (χ4v) is 4.18. The molecule has 26 heavy (non-hydrogen) atoms. The Hall–Kier alpha value is -1.85. The summed E-state index contributed by atoms with van der Waals surface area (Å²) in [5, 5.41) is 3.72. The SMILES string of the molecule is CCc1cc(Cl)ccc1C1=C(OC(C)=O)[C@]2(CC[C@H](OC)CC2)NC1=O. The Morgan fingerprint density at radius 3 is 2.62 bits per heavy atom. The van der Waals surface area contributed by atoms with Crippen LogP contribution in [0, 0.1) is 0 Å². The lowest BCUT2D eigenvalue weighted by Gasteiger charge is -2.37. The van der Waals surface area contributed by atoms with Crippen molar-refractivity contribution in [1.82, 2.24) is 5.32 Å². The molecule has 1 saturated carbocycles. The van der Waals surface area contributed by atoms with Gasteiger partial charge < -0.3 is 14.8 Å². The Morgan fingerprint density at radius 2 is 2.04 bits per heavy atom. The Balaban J connectivity index is 2.11. The van der Waals surface area contributed by atoms with Crippen LogP contribution < -0.4 is 5.32 Å². The number of benzene rings is 1. The third-order valence-corrected chi connectivity index (χ3v) is 5.56. The topological polar surface area (TPSA) is 64.6 Å². The van der Waals surface area contributed by atoms with Gasteiger partial charge in [-0.05, 0) is 55.4 Å². The Kier molecular flexibility index (Phi) is 5.39. The highest BCUT2D eigenvalue weighted by Crippen LogP contribution is 2.44. The fourth-order valence-electron chi connectivity index (χ4n) is 3.99. The van der Waals surface area contributed by atoms with Gasteiger partial charge in [-0.15, -0.1) is 0 Å². The predicted molar refractivity (Wildman–Crippen MR) is 99.7 cm³/mol. The van der Waals surface area contributed by atoms with E-state index in [0.717, 1.165) is 30.4 Å². The third kappa shape index (κ3) is 3.38. The summed E-state index contributed by atoms with van der Waals surface area (Å²) in [6.45, 7) is 3.37. The zero-order valence-corrected chi connectivity index (χ0v) is 16.1. The summed E-state index contributed by atoms with van der Waals surface area (Å²) in [7, 11) is 1.70. The number of methoxy groups -OCH3 is 1. The maximum absolute atomic E-state index is 12.9. The van der Waals surface area contributed by atoms with Crippen molar-refractivity contribution in [2.24, 2.45) is 0 Å². The van der Waals surface area contributed by atoms with Gasteiger partial charge in [-0.2, -0.15) is 0 Å². The van der Waals surface area contributed by atoms with E-state index in [4.69, 9.17) is 21.1 Å². The molecule has 1 amide bonds. The van der Waals surface area contributed by atoms with E-state index in [1.54, 1.807) is 13.2 Å². The molecule has 1 heterocycles. The van der Waals surface area contributed by atoms with E-state index >= 15 is 0 Å². The van der Waals surface area contributed by atoms with Gasteiger partial charge in [0.05, 0.1) is 17.2 Å². The molecule has 1 aliphatic carbocycles. The molecule has 0 atom stereocenters. The molecule has 1 aliphatic heterocycles. The first-order valence-corrected chi connectivity index (χ1v) is 9.35. The van der Waals surface area contributed by atoms with Crippen molar-refractivity contribution in [1.29, 1.82) is 0 Å². The first-order valence-electron chi connectivity index (χ1n) is 8.97. The molecule has 140 valence electrons. The number of ether oxygens (including phenoxy) is 2. The molecule has 1 N–H and O–H groups in total. The van der Waals surface area contributed by atoms with Crippen LogP contribution in [0.1, 0.15) is 50.7 Å². The van der Waals surface area contributed by atoms with Crippen molar-refractivity contribution in [3.05, 3.63) is 40.1 Å². The van der Waals surface area contributed by atoms with E-state index in [-0.39, 0.29) is 12.0 Å². The molecule has 6 heteroatoms. The molecule has 2 aliphatic rings. The summed E-state index contributed by atoms with van der Waals surface area (Å²) < 4.78 is 11.1. The van der Waals surface area contributed by atoms with Crippen LogP contribution in [0.15, 0.2) is 24.0 Å². The Labute approximate surface area is 158 Å². The van der Waals surface area contributed by atoms with Crippen molar-refractivity contribution in [3.8, 4) is 0 Å². The molecule has 0 bridgehead atoms. The number of carbonyl (C=O) groups is 2. The normalized spacial score (nSPS) is 25.5. The van der Waals surface area contributed by atoms with E-state index in [1.807, 2.05) is 19.1 Å². The van der Waals surface area contributed by atoms with Crippen LogP contribution in [0.2, 0.25) is 5.02 Å². The molecule has 0 unspecified atom stereocenters. The lowest BCUT2D eigenvalue weighted by Crippen LogP contribution is -2.49. The van der Waals surface area contributed by atoms with Gasteiger partial charge in [0, 0.05) is 19.1 Å². The van der Waals surface area contributed by atoms with Crippen LogP contribution in [0.25, 0.3) is 5.57 Å². The fraction of sp³-hybridized carbons (Fsp3) is 0.500. The zero-order chi connectivity index (χ0) is 18.9. The molecule has 0 saturated heterocycles. The zero-order valence-electron chi connectivity index (χ0n) is 15.4. The third-order valence-electron chi connectivity index (χ3n) is 5.32. The van der Waals surface area contributed by atoms with E-state index < -0.39 is 11.5 Å². The summed E-state index contributed by atoms with van der Waals surface area (Å²) >= 11 is 6.12. The monoisotopic (exact) mass is 377 g/mol. The summed E-state index contributed by atoms with van der Waals surface area (Å²) in [5.41, 5.74) is 1.54. The molecule has 3 rings (SSSR count). The lowest BCUT2D eigenvalue weighted by atomic mass is 9.79. The van der Waals surface area contributed by atoms with Gasteiger partial charge in [0.2, 0.25) is 0 Å². The molecule has 0 aromatic heterocycles. The van der Waals surface area contributed by atoms with Gasteiger partial charge in [-0.3, -0.25) is 9.59 Å². The number of rotatable bonds is 4. The maximum atomic E-state index is 12.9. The Morgan fingerprint density at radius 1 is 1.35 bits per heavy atom. The highest BCUT2D eigenvalue weighted by molar-refractivity contribution is 6.31. The second-order valence-electron chi connectivity index (χ2n) is 6.92. The molecule has 1 fully saturated rings. The van der Waals surface area contributed by atoms with Crippen molar-refractivity contribution in [2.45, 2.75) is 57.6 Å². The number of nitrogens with one attached hydrogen (secondary N) is 1. The minimum Gasteiger partial charge on any atom is -0.428 e. The highest BCUT2D eigenvalue weighted by atomic mass is 35.5. The number of hydrogen-bond donors (Lipinski definition) is 1. The predicted octanol–water partition coefficient (Wildman–Crippen LogP) is 3.63. The van der Waals surface area contributed by atoms with Gasteiger partial charge in [-0.25, -0.2) is 0 Å². The number of aryl methyl sites for hydroxylation is 1.